The van der Waals surface area contributed by atoms with Gasteiger partial charge in [0.1, 0.15) is 11.5 Å². The van der Waals surface area contributed by atoms with Gasteiger partial charge in [-0.1, -0.05) is 16.9 Å². The van der Waals surface area contributed by atoms with Crippen LogP contribution in [0.4, 0.5) is 5.95 Å². The number of furan rings is 1. The Kier molecular flexibility index (Phi) is 6.32. The minimum Gasteiger partial charge on any atom is -0.467 e. The van der Waals surface area contributed by atoms with E-state index in [4.69, 9.17) is 8.94 Å². The van der Waals surface area contributed by atoms with Crippen LogP contribution in [0.3, 0.4) is 0 Å². The van der Waals surface area contributed by atoms with Gasteiger partial charge in [0.05, 0.1) is 18.6 Å². The Morgan fingerprint density at radius 2 is 1.94 bits per heavy atom. The summed E-state index contributed by atoms with van der Waals surface area (Å²) in [6.07, 6.45) is 5.21. The summed E-state index contributed by atoms with van der Waals surface area (Å²) in [7, 11) is 0. The molecule has 0 atom stereocenters. The third-order valence-corrected chi connectivity index (χ3v) is 7.11. The zero-order valence-electron chi connectivity index (χ0n) is 19.7. The molecular weight excluding hydrogens is 452 g/mol. The van der Waals surface area contributed by atoms with Gasteiger partial charge in [-0.15, -0.1) is 10.2 Å². The first-order chi connectivity index (χ1) is 16.5. The van der Waals surface area contributed by atoms with Gasteiger partial charge in [0.2, 0.25) is 5.95 Å². The van der Waals surface area contributed by atoms with Gasteiger partial charge in [-0.05, 0) is 58.2 Å². The molecule has 0 aliphatic carbocycles. The summed E-state index contributed by atoms with van der Waals surface area (Å²) in [6, 6.07) is 7.60. The fraction of sp³-hybridized carbons (Fsp3) is 0.417. The van der Waals surface area contributed by atoms with Crippen molar-refractivity contribution in [2.45, 2.75) is 51.7 Å². The van der Waals surface area contributed by atoms with Crippen molar-refractivity contribution in [1.29, 1.82) is 0 Å². The normalized spacial score (nSPS) is 14.1. The van der Waals surface area contributed by atoms with E-state index in [0.717, 1.165) is 54.8 Å². The van der Waals surface area contributed by atoms with E-state index in [0.29, 0.717) is 23.1 Å². The smallest absolute Gasteiger partial charge is 0.228 e. The average Bonchev–Trinajstić information content (AvgIpc) is 3.62. The molecule has 0 saturated carbocycles. The molecule has 0 radical (unpaired) electrons. The molecule has 0 aromatic carbocycles. The van der Waals surface area contributed by atoms with E-state index >= 15 is 0 Å². The van der Waals surface area contributed by atoms with Crippen LogP contribution < -0.4 is 4.90 Å². The van der Waals surface area contributed by atoms with E-state index in [9.17, 15) is 4.79 Å². The van der Waals surface area contributed by atoms with Gasteiger partial charge < -0.3 is 13.8 Å². The summed E-state index contributed by atoms with van der Waals surface area (Å²) in [5, 5.41) is 13.8. The SMILES string of the molecule is Cc1cc(-n2c(C)cc(C(=O)CSc3nnc(N4CCCCC4)n3Cc3ccco3)c2C)no1. The van der Waals surface area contributed by atoms with Crippen molar-refractivity contribution in [2.75, 3.05) is 23.7 Å². The maximum atomic E-state index is 13.2. The lowest BCUT2D eigenvalue weighted by atomic mass is 10.1. The molecule has 1 saturated heterocycles. The second-order valence-corrected chi connectivity index (χ2v) is 9.57. The maximum Gasteiger partial charge on any atom is 0.228 e. The van der Waals surface area contributed by atoms with E-state index in [1.54, 1.807) is 6.26 Å². The quantitative estimate of drug-likeness (QED) is 0.267. The van der Waals surface area contributed by atoms with Crippen LogP contribution >= 0.6 is 11.8 Å². The van der Waals surface area contributed by atoms with Crippen molar-refractivity contribution in [1.82, 2.24) is 24.5 Å². The molecule has 0 N–H and O–H groups in total. The Morgan fingerprint density at radius 3 is 2.65 bits per heavy atom. The number of hydrogen-bond donors (Lipinski definition) is 0. The van der Waals surface area contributed by atoms with Gasteiger partial charge in [-0.3, -0.25) is 13.9 Å². The molecule has 1 fully saturated rings. The highest BCUT2D eigenvalue weighted by Gasteiger charge is 2.23. The lowest BCUT2D eigenvalue weighted by molar-refractivity contribution is 0.102. The van der Waals surface area contributed by atoms with Crippen LogP contribution in [0.25, 0.3) is 5.82 Å². The molecule has 0 unspecified atom stereocenters. The summed E-state index contributed by atoms with van der Waals surface area (Å²) in [5.41, 5.74) is 2.47. The molecule has 5 rings (SSSR count). The number of aryl methyl sites for hydroxylation is 2. The van der Waals surface area contributed by atoms with Crippen molar-refractivity contribution in [3.05, 3.63) is 59.0 Å². The number of anilines is 1. The van der Waals surface area contributed by atoms with E-state index in [1.165, 1.54) is 18.2 Å². The number of ketones is 1. The predicted octanol–water partition coefficient (Wildman–Crippen LogP) is 4.59. The minimum absolute atomic E-state index is 0.0386. The topological polar surface area (TPSA) is 95.1 Å². The van der Waals surface area contributed by atoms with Crippen molar-refractivity contribution < 1.29 is 13.7 Å². The first kappa shape index (κ1) is 22.5. The summed E-state index contributed by atoms with van der Waals surface area (Å²) >= 11 is 1.41. The van der Waals surface area contributed by atoms with Gasteiger partial charge in [0, 0.05) is 36.1 Å². The van der Waals surface area contributed by atoms with Crippen LogP contribution in [0, 0.1) is 20.8 Å². The molecule has 0 spiro atoms. The molecule has 0 bridgehead atoms. The predicted molar refractivity (Wildman–Crippen MR) is 129 cm³/mol. The number of Topliss-reactive ketones (excluding diaryl/α,β-unsaturated/α-hetero) is 1. The number of piperidine rings is 1. The summed E-state index contributed by atoms with van der Waals surface area (Å²) in [5.74, 6) is 3.38. The van der Waals surface area contributed by atoms with Gasteiger partial charge in [-0.2, -0.15) is 0 Å². The van der Waals surface area contributed by atoms with E-state index in [-0.39, 0.29) is 11.5 Å². The number of rotatable bonds is 8. The van der Waals surface area contributed by atoms with E-state index < -0.39 is 0 Å². The Hall–Kier alpha value is -3.27. The van der Waals surface area contributed by atoms with Crippen molar-refractivity contribution in [3.8, 4) is 5.82 Å². The Balaban J connectivity index is 1.37. The highest BCUT2D eigenvalue weighted by Crippen LogP contribution is 2.28. The van der Waals surface area contributed by atoms with Crippen LogP contribution in [-0.2, 0) is 6.54 Å². The standard InChI is InChI=1S/C24H28N6O3S/c1-16-12-20(18(3)30(16)22-13-17(2)33-27-22)21(31)15-34-24-26-25-23(28-9-5-4-6-10-28)29(24)14-19-8-7-11-32-19/h7-8,11-13H,4-6,9-10,14-15H2,1-3H3. The number of aromatic nitrogens is 5. The lowest BCUT2D eigenvalue weighted by Crippen LogP contribution is -2.32. The molecule has 178 valence electrons. The molecular formula is C24H28N6O3S. The number of carbonyl (C=O) groups is 1. The highest BCUT2D eigenvalue weighted by atomic mass is 32.2. The third kappa shape index (κ3) is 4.42. The van der Waals surface area contributed by atoms with Crippen LogP contribution in [0.15, 0.2) is 44.6 Å². The molecule has 1 aliphatic heterocycles. The molecule has 10 heteroatoms. The first-order valence-corrected chi connectivity index (χ1v) is 12.5. The van der Waals surface area contributed by atoms with Crippen LogP contribution in [-0.4, -0.2) is 49.1 Å². The fourth-order valence-corrected chi connectivity index (χ4v) is 5.29. The van der Waals surface area contributed by atoms with Crippen molar-refractivity contribution >= 4 is 23.5 Å². The van der Waals surface area contributed by atoms with Gasteiger partial charge >= 0.3 is 0 Å². The number of thioether (sulfide) groups is 1. The lowest BCUT2D eigenvalue weighted by Gasteiger charge is -2.27. The average molecular weight is 481 g/mol. The molecule has 4 aromatic rings. The molecule has 4 aromatic heterocycles. The zero-order chi connectivity index (χ0) is 23.7. The van der Waals surface area contributed by atoms with Gasteiger partial charge in [-0.25, -0.2) is 0 Å². The number of carbonyl (C=O) groups excluding carboxylic acids is 1. The number of hydrogen-bond acceptors (Lipinski definition) is 8. The molecule has 9 nitrogen and oxygen atoms in total. The summed E-state index contributed by atoms with van der Waals surface area (Å²) in [4.78, 5) is 15.5. The van der Waals surface area contributed by atoms with E-state index in [1.807, 2.05) is 49.6 Å². The fourth-order valence-electron chi connectivity index (χ4n) is 4.48. The first-order valence-electron chi connectivity index (χ1n) is 11.5. The van der Waals surface area contributed by atoms with Crippen LogP contribution in [0.2, 0.25) is 0 Å². The van der Waals surface area contributed by atoms with Crippen LogP contribution in [0.5, 0.6) is 0 Å². The van der Waals surface area contributed by atoms with Gasteiger partial charge in [0.25, 0.3) is 0 Å². The van der Waals surface area contributed by atoms with E-state index in [2.05, 4.69) is 24.8 Å². The largest absolute Gasteiger partial charge is 0.467 e. The molecule has 0 amide bonds. The molecule has 34 heavy (non-hydrogen) atoms. The summed E-state index contributed by atoms with van der Waals surface area (Å²) < 4.78 is 14.8. The monoisotopic (exact) mass is 480 g/mol. The minimum atomic E-state index is 0.0386. The molecule has 1 aliphatic rings. The highest BCUT2D eigenvalue weighted by molar-refractivity contribution is 7.99. The second kappa shape index (κ2) is 9.54. The molecule has 5 heterocycles. The maximum absolute atomic E-state index is 13.2. The van der Waals surface area contributed by atoms with Crippen molar-refractivity contribution in [2.24, 2.45) is 0 Å². The zero-order valence-corrected chi connectivity index (χ0v) is 20.5. The Bertz CT molecular complexity index is 1280. The van der Waals surface area contributed by atoms with Crippen molar-refractivity contribution in [3.63, 3.8) is 0 Å². The van der Waals surface area contributed by atoms with Crippen LogP contribution in [0.1, 0.15) is 52.5 Å². The third-order valence-electron chi connectivity index (χ3n) is 6.14. The number of nitrogens with zero attached hydrogens (tertiary/aromatic N) is 6. The van der Waals surface area contributed by atoms with Gasteiger partial charge in [0.15, 0.2) is 16.8 Å². The second-order valence-electron chi connectivity index (χ2n) is 8.62. The summed E-state index contributed by atoms with van der Waals surface area (Å²) in [6.45, 7) is 8.21. The Labute approximate surface area is 202 Å². The Morgan fingerprint density at radius 1 is 1.12 bits per heavy atom.